The van der Waals surface area contributed by atoms with Crippen molar-refractivity contribution in [1.82, 2.24) is 4.90 Å². The summed E-state index contributed by atoms with van der Waals surface area (Å²) >= 11 is 1.82. The molecule has 6 heteroatoms. The third-order valence-corrected chi connectivity index (χ3v) is 8.55. The molecule has 1 fully saturated rings. The van der Waals surface area contributed by atoms with Crippen molar-refractivity contribution < 1.29 is 13.3 Å². The van der Waals surface area contributed by atoms with E-state index in [4.69, 9.17) is 4.74 Å². The molecular weight excluding hydrogens is 417 g/mol. The molecule has 1 saturated heterocycles. The van der Waals surface area contributed by atoms with E-state index in [9.17, 15) is 8.60 Å². The number of thiophene rings is 1. The highest BCUT2D eigenvalue weighted by Crippen LogP contribution is 2.30. The van der Waals surface area contributed by atoms with Crippen molar-refractivity contribution in [2.75, 3.05) is 32.0 Å². The lowest BCUT2D eigenvalue weighted by Crippen LogP contribution is -2.49. The summed E-state index contributed by atoms with van der Waals surface area (Å²) in [5, 5.41) is 3.66. The van der Waals surface area contributed by atoms with Gasteiger partial charge in [-0.1, -0.05) is 18.2 Å². The second kappa shape index (κ2) is 9.69. The maximum Gasteiger partial charge on any atom is 0.123 e. The fourth-order valence-electron chi connectivity index (χ4n) is 4.23. The van der Waals surface area contributed by atoms with Crippen molar-refractivity contribution in [3.8, 4) is 0 Å². The average Bonchev–Trinajstić information content (AvgIpc) is 3.17. The molecule has 0 N–H and O–H groups in total. The van der Waals surface area contributed by atoms with E-state index in [0.29, 0.717) is 17.3 Å². The molecule has 1 aliphatic rings. The van der Waals surface area contributed by atoms with E-state index in [2.05, 4.69) is 34.5 Å². The van der Waals surface area contributed by atoms with E-state index < -0.39 is 10.8 Å². The molecule has 0 spiro atoms. The first kappa shape index (κ1) is 21.6. The average molecular weight is 446 g/mol. The van der Waals surface area contributed by atoms with Crippen molar-refractivity contribution in [1.29, 1.82) is 0 Å². The Morgan fingerprint density at radius 2 is 1.87 bits per heavy atom. The van der Waals surface area contributed by atoms with Gasteiger partial charge in [0.15, 0.2) is 0 Å². The molecule has 2 aromatic carbocycles. The minimum atomic E-state index is -1.19. The van der Waals surface area contributed by atoms with E-state index in [1.54, 1.807) is 12.1 Å². The van der Waals surface area contributed by atoms with Crippen LogP contribution in [0.25, 0.3) is 10.1 Å². The minimum Gasteiger partial charge on any atom is -0.374 e. The smallest absolute Gasteiger partial charge is 0.123 e. The van der Waals surface area contributed by atoms with E-state index in [0.717, 1.165) is 38.9 Å². The zero-order chi connectivity index (χ0) is 21.0. The Morgan fingerprint density at radius 3 is 2.60 bits per heavy atom. The van der Waals surface area contributed by atoms with Gasteiger partial charge in [-0.05, 0) is 72.8 Å². The Morgan fingerprint density at radius 1 is 1.13 bits per heavy atom. The summed E-state index contributed by atoms with van der Waals surface area (Å²) in [7, 11) is -1.19. The largest absolute Gasteiger partial charge is 0.374 e. The summed E-state index contributed by atoms with van der Waals surface area (Å²) < 4.78 is 33.6. The van der Waals surface area contributed by atoms with Gasteiger partial charge in [0.25, 0.3) is 0 Å². The van der Waals surface area contributed by atoms with Crippen LogP contribution >= 0.6 is 11.3 Å². The molecule has 4 rings (SSSR count). The lowest BCUT2D eigenvalue weighted by Gasteiger charge is -2.41. The fourth-order valence-corrected chi connectivity index (χ4v) is 6.69. The summed E-state index contributed by atoms with van der Waals surface area (Å²) in [6, 6.07) is 14.6. The highest BCUT2D eigenvalue weighted by Gasteiger charge is 2.37. The number of hydrogen-bond acceptors (Lipinski definition) is 4. The number of piperidine rings is 1. The molecule has 30 heavy (non-hydrogen) atoms. The molecule has 1 atom stereocenters. The Bertz CT molecular complexity index is 994. The van der Waals surface area contributed by atoms with Crippen LogP contribution in [0.2, 0.25) is 0 Å². The molecule has 3 nitrogen and oxygen atoms in total. The molecule has 1 aromatic heterocycles. The third-order valence-electron chi connectivity index (χ3n) is 5.95. The molecule has 2 heterocycles. The zero-order valence-electron chi connectivity index (χ0n) is 17.3. The lowest BCUT2D eigenvalue weighted by atomic mass is 9.92. The molecule has 0 bridgehead atoms. The van der Waals surface area contributed by atoms with Gasteiger partial charge in [0.05, 0.1) is 22.2 Å². The zero-order valence-corrected chi connectivity index (χ0v) is 18.9. The maximum atomic E-state index is 13.2. The van der Waals surface area contributed by atoms with Crippen LogP contribution in [0.1, 0.15) is 25.3 Å². The number of nitrogens with zero attached hydrogens (tertiary/aromatic N) is 1. The molecule has 3 aromatic rings. The Hall–Kier alpha value is -1.60. The van der Waals surface area contributed by atoms with E-state index in [-0.39, 0.29) is 11.4 Å². The predicted molar refractivity (Wildman–Crippen MR) is 123 cm³/mol. The number of hydrogen-bond donors (Lipinski definition) is 0. The van der Waals surface area contributed by atoms with E-state index in [1.807, 2.05) is 18.3 Å². The first-order valence-corrected chi connectivity index (χ1v) is 12.7. The highest BCUT2D eigenvalue weighted by atomic mass is 32.2. The molecule has 160 valence electrons. The molecule has 0 aliphatic carbocycles. The topological polar surface area (TPSA) is 29.5 Å². The fraction of sp³-hybridized carbons (Fsp3) is 0.417. The second-order valence-electron chi connectivity index (χ2n) is 7.91. The van der Waals surface area contributed by atoms with Crippen LogP contribution in [0.15, 0.2) is 58.8 Å². The van der Waals surface area contributed by atoms with Crippen LogP contribution in [-0.4, -0.2) is 46.7 Å². The van der Waals surface area contributed by atoms with Crippen molar-refractivity contribution in [3.05, 3.63) is 65.3 Å². The Kier molecular flexibility index (Phi) is 6.98. The molecule has 1 unspecified atom stereocenters. The van der Waals surface area contributed by atoms with Gasteiger partial charge in [0, 0.05) is 35.8 Å². The molecule has 1 aliphatic heterocycles. The van der Waals surface area contributed by atoms with Gasteiger partial charge in [-0.15, -0.1) is 11.3 Å². The quantitative estimate of drug-likeness (QED) is 0.474. The van der Waals surface area contributed by atoms with Crippen LogP contribution in [0.3, 0.4) is 0 Å². The van der Waals surface area contributed by atoms with Crippen LogP contribution in [0.4, 0.5) is 4.39 Å². The Balaban J connectivity index is 1.35. The molecule has 0 saturated carbocycles. The first-order chi connectivity index (χ1) is 14.6. The standard InChI is InChI=1S/C24H28FNO2S2/c1-2-28-24(18-30(27)21-9-7-20(25)8-10-21)12-15-26(16-13-24)14-11-19-17-29-23-6-4-3-5-22(19)23/h3-10,17H,2,11-16,18H2,1H3. The minimum absolute atomic E-state index is 0.304. The molecule has 0 amide bonds. The van der Waals surface area contributed by atoms with Crippen molar-refractivity contribution in [2.45, 2.75) is 36.7 Å². The number of ether oxygens (including phenoxy) is 1. The van der Waals surface area contributed by atoms with Gasteiger partial charge in [-0.25, -0.2) is 4.39 Å². The van der Waals surface area contributed by atoms with Crippen molar-refractivity contribution in [3.63, 3.8) is 0 Å². The third kappa shape index (κ3) is 4.99. The summed E-state index contributed by atoms with van der Waals surface area (Å²) in [6.07, 6.45) is 2.80. The van der Waals surface area contributed by atoms with E-state index >= 15 is 0 Å². The second-order valence-corrected chi connectivity index (χ2v) is 10.3. The van der Waals surface area contributed by atoms with Crippen molar-refractivity contribution >= 4 is 32.2 Å². The monoisotopic (exact) mass is 445 g/mol. The number of likely N-dealkylation sites (tertiary alicyclic amines) is 1. The normalized spacial score (nSPS) is 17.9. The summed E-state index contributed by atoms with van der Waals surface area (Å²) in [5.74, 6) is 0.164. The summed E-state index contributed by atoms with van der Waals surface area (Å²) in [5.41, 5.74) is 1.06. The molecule has 0 radical (unpaired) electrons. The lowest BCUT2D eigenvalue weighted by molar-refractivity contribution is -0.0624. The van der Waals surface area contributed by atoms with Gasteiger partial charge in [-0.2, -0.15) is 0 Å². The van der Waals surface area contributed by atoms with Crippen LogP contribution < -0.4 is 0 Å². The van der Waals surface area contributed by atoms with Crippen LogP contribution in [-0.2, 0) is 22.0 Å². The van der Waals surface area contributed by atoms with Crippen molar-refractivity contribution in [2.24, 2.45) is 0 Å². The molecular formula is C24H28FNO2S2. The number of benzene rings is 2. The van der Waals surface area contributed by atoms with Crippen LogP contribution in [0, 0.1) is 5.82 Å². The number of halogens is 1. The van der Waals surface area contributed by atoms with Crippen LogP contribution in [0.5, 0.6) is 0 Å². The van der Waals surface area contributed by atoms with Gasteiger partial charge >= 0.3 is 0 Å². The Labute approximate surface area is 184 Å². The number of rotatable bonds is 8. The van der Waals surface area contributed by atoms with Gasteiger partial charge in [0.2, 0.25) is 0 Å². The van der Waals surface area contributed by atoms with Gasteiger partial charge in [0.1, 0.15) is 5.82 Å². The predicted octanol–water partition coefficient (Wildman–Crippen LogP) is 5.26. The SMILES string of the molecule is CCOC1(CS(=O)c2ccc(F)cc2)CCN(CCc2csc3ccccc23)CC1. The number of fused-ring (bicyclic) bond motifs is 1. The van der Waals surface area contributed by atoms with E-state index in [1.165, 1.54) is 27.8 Å². The van der Waals surface area contributed by atoms with Gasteiger partial charge in [-0.3, -0.25) is 4.21 Å². The maximum absolute atomic E-state index is 13.2. The first-order valence-electron chi connectivity index (χ1n) is 10.5. The van der Waals surface area contributed by atoms with Gasteiger partial charge < -0.3 is 9.64 Å². The summed E-state index contributed by atoms with van der Waals surface area (Å²) in [4.78, 5) is 3.16. The summed E-state index contributed by atoms with van der Waals surface area (Å²) in [6.45, 7) is 5.54. The highest BCUT2D eigenvalue weighted by molar-refractivity contribution is 7.85.